The summed E-state index contributed by atoms with van der Waals surface area (Å²) in [5, 5.41) is 7.67. The largest absolute Gasteiger partial charge is 0.383 e. The first kappa shape index (κ1) is 23.1. The normalized spacial score (nSPS) is 13.8. The molecular formula is C27H34N4O2. The molecule has 6 nitrogen and oxygen atoms in total. The smallest absolute Gasteiger partial charge is 0.253 e. The number of methoxy groups -OCH3 is 1. The van der Waals surface area contributed by atoms with Gasteiger partial charge in [-0.3, -0.25) is 9.89 Å². The van der Waals surface area contributed by atoms with Crippen molar-refractivity contribution in [3.8, 4) is 22.5 Å². The lowest BCUT2D eigenvalue weighted by atomic mass is 10.1. The summed E-state index contributed by atoms with van der Waals surface area (Å²) in [7, 11) is 1.66. The Morgan fingerprint density at radius 2 is 1.70 bits per heavy atom. The van der Waals surface area contributed by atoms with Crippen LogP contribution in [0.2, 0.25) is 0 Å². The Balaban J connectivity index is 1.44. The molecule has 6 heteroatoms. The van der Waals surface area contributed by atoms with Gasteiger partial charge in [0.15, 0.2) is 0 Å². The fourth-order valence-electron chi connectivity index (χ4n) is 4.37. The lowest BCUT2D eigenvalue weighted by Crippen LogP contribution is -2.34. The van der Waals surface area contributed by atoms with Crippen LogP contribution in [0.3, 0.4) is 0 Å². The number of ether oxygens (including phenoxy) is 1. The molecule has 0 saturated carbocycles. The lowest BCUT2D eigenvalue weighted by Gasteiger charge is -2.28. The van der Waals surface area contributed by atoms with Crippen LogP contribution in [0, 0.1) is 0 Å². The number of carbonyl (C=O) groups is 1. The van der Waals surface area contributed by atoms with Gasteiger partial charge in [0.1, 0.15) is 0 Å². The molecule has 1 saturated heterocycles. The Morgan fingerprint density at radius 3 is 2.36 bits per heavy atom. The summed E-state index contributed by atoms with van der Waals surface area (Å²) in [6.07, 6.45) is 4.81. The molecule has 0 bridgehead atoms. The maximum absolute atomic E-state index is 12.9. The number of aromatic nitrogens is 2. The number of nitrogens with zero attached hydrogens (tertiary/aromatic N) is 3. The number of aromatic amines is 1. The number of benzene rings is 2. The first-order valence-corrected chi connectivity index (χ1v) is 12.0. The Hall–Kier alpha value is -3.12. The van der Waals surface area contributed by atoms with E-state index in [1.807, 2.05) is 29.2 Å². The summed E-state index contributed by atoms with van der Waals surface area (Å²) in [4.78, 5) is 17.2. The van der Waals surface area contributed by atoms with E-state index in [1.165, 1.54) is 24.9 Å². The molecule has 1 amide bonds. The molecule has 33 heavy (non-hydrogen) atoms. The second-order valence-electron chi connectivity index (χ2n) is 8.62. The molecular weight excluding hydrogens is 412 g/mol. The van der Waals surface area contributed by atoms with Gasteiger partial charge < -0.3 is 14.5 Å². The molecule has 2 heterocycles. The summed E-state index contributed by atoms with van der Waals surface area (Å²) >= 11 is 0. The first-order valence-electron chi connectivity index (χ1n) is 12.0. The van der Waals surface area contributed by atoms with E-state index in [-0.39, 0.29) is 5.91 Å². The van der Waals surface area contributed by atoms with Crippen LogP contribution in [0.1, 0.15) is 43.0 Å². The molecule has 1 N–H and O–H groups in total. The second kappa shape index (κ2) is 11.1. The molecule has 1 aliphatic rings. The van der Waals surface area contributed by atoms with E-state index in [2.05, 4.69) is 52.4 Å². The molecule has 2 aromatic carbocycles. The molecule has 1 aliphatic heterocycles. The van der Waals surface area contributed by atoms with Crippen molar-refractivity contribution in [3.63, 3.8) is 0 Å². The molecule has 0 radical (unpaired) electrons. The van der Waals surface area contributed by atoms with Gasteiger partial charge in [0.2, 0.25) is 0 Å². The lowest BCUT2D eigenvalue weighted by molar-refractivity contribution is 0.0695. The van der Waals surface area contributed by atoms with Crippen LogP contribution in [0.15, 0.2) is 54.6 Å². The predicted molar refractivity (Wildman–Crippen MR) is 134 cm³/mol. The van der Waals surface area contributed by atoms with Gasteiger partial charge in [0, 0.05) is 50.1 Å². The van der Waals surface area contributed by atoms with Gasteiger partial charge in [-0.1, -0.05) is 31.2 Å². The molecule has 1 aromatic heterocycles. The van der Waals surface area contributed by atoms with Gasteiger partial charge in [-0.2, -0.15) is 5.10 Å². The van der Waals surface area contributed by atoms with E-state index >= 15 is 0 Å². The number of nitrogens with one attached hydrogen (secondary N) is 1. The minimum absolute atomic E-state index is 0.0412. The highest BCUT2D eigenvalue weighted by atomic mass is 16.5. The zero-order chi connectivity index (χ0) is 23.0. The maximum Gasteiger partial charge on any atom is 0.253 e. The van der Waals surface area contributed by atoms with Gasteiger partial charge in [-0.05, 0) is 61.6 Å². The highest BCUT2D eigenvalue weighted by Gasteiger charge is 2.16. The van der Waals surface area contributed by atoms with E-state index in [1.54, 1.807) is 7.11 Å². The molecule has 3 aromatic rings. The molecule has 0 atom stereocenters. The molecule has 174 valence electrons. The maximum atomic E-state index is 12.9. The monoisotopic (exact) mass is 446 g/mol. The van der Waals surface area contributed by atoms with Crippen LogP contribution in [0.5, 0.6) is 0 Å². The first-order chi connectivity index (χ1) is 16.2. The highest BCUT2D eigenvalue weighted by Crippen LogP contribution is 2.27. The SMILES string of the molecule is CCCN(CCOC)C(=O)c1ccc(-c2cc(-c3ccc(N4CCCCC4)cc3)n[nH]2)cc1. The molecule has 0 aliphatic carbocycles. The molecule has 4 rings (SSSR count). The Bertz CT molecular complexity index is 1020. The topological polar surface area (TPSA) is 61.5 Å². The Morgan fingerprint density at radius 1 is 1.00 bits per heavy atom. The summed E-state index contributed by atoms with van der Waals surface area (Å²) in [6.45, 7) is 6.24. The van der Waals surface area contributed by atoms with Crippen LogP contribution in [-0.4, -0.2) is 60.9 Å². The summed E-state index contributed by atoms with van der Waals surface area (Å²) in [6, 6.07) is 18.5. The van der Waals surface area contributed by atoms with Gasteiger partial charge in [-0.15, -0.1) is 0 Å². The number of hydrogen-bond donors (Lipinski definition) is 1. The van der Waals surface area contributed by atoms with E-state index in [0.29, 0.717) is 18.7 Å². The minimum Gasteiger partial charge on any atom is -0.383 e. The predicted octanol–water partition coefficient (Wildman–Crippen LogP) is 5.23. The van der Waals surface area contributed by atoms with Crippen molar-refractivity contribution in [1.82, 2.24) is 15.1 Å². The van der Waals surface area contributed by atoms with Crippen molar-refractivity contribution >= 4 is 11.6 Å². The van der Waals surface area contributed by atoms with Crippen LogP contribution < -0.4 is 4.90 Å². The second-order valence-corrected chi connectivity index (χ2v) is 8.62. The average Bonchev–Trinajstić information content (AvgIpc) is 3.37. The van der Waals surface area contributed by atoms with Crippen molar-refractivity contribution < 1.29 is 9.53 Å². The van der Waals surface area contributed by atoms with Gasteiger partial charge in [0.25, 0.3) is 5.91 Å². The number of amides is 1. The fraction of sp³-hybridized carbons (Fsp3) is 0.407. The Kier molecular flexibility index (Phi) is 7.79. The molecule has 0 spiro atoms. The number of piperidine rings is 1. The third-order valence-electron chi connectivity index (χ3n) is 6.25. The van der Waals surface area contributed by atoms with Crippen LogP contribution in [0.4, 0.5) is 5.69 Å². The van der Waals surface area contributed by atoms with E-state index in [4.69, 9.17) is 4.74 Å². The fourth-order valence-corrected chi connectivity index (χ4v) is 4.37. The summed E-state index contributed by atoms with van der Waals surface area (Å²) in [5.74, 6) is 0.0412. The van der Waals surface area contributed by atoms with Crippen molar-refractivity contribution in [2.75, 3.05) is 44.8 Å². The molecule has 0 unspecified atom stereocenters. The zero-order valence-corrected chi connectivity index (χ0v) is 19.7. The van der Waals surface area contributed by atoms with E-state index in [0.717, 1.165) is 48.6 Å². The Labute approximate surface area is 196 Å². The summed E-state index contributed by atoms with van der Waals surface area (Å²) in [5.41, 5.74) is 5.94. The van der Waals surface area contributed by atoms with Gasteiger partial charge >= 0.3 is 0 Å². The quantitative estimate of drug-likeness (QED) is 0.489. The van der Waals surface area contributed by atoms with Gasteiger partial charge in [-0.25, -0.2) is 0 Å². The number of H-pyrrole nitrogens is 1. The zero-order valence-electron chi connectivity index (χ0n) is 19.7. The van der Waals surface area contributed by atoms with Crippen LogP contribution in [-0.2, 0) is 4.74 Å². The minimum atomic E-state index is 0.0412. The van der Waals surface area contributed by atoms with Crippen molar-refractivity contribution in [3.05, 3.63) is 60.2 Å². The standard InChI is InChI=1S/C27H34N4O2/c1-3-15-31(18-19-33-2)27(32)23-9-7-21(8-10-23)25-20-26(29-28-25)22-11-13-24(14-12-22)30-16-5-4-6-17-30/h7-14,20H,3-6,15-19H2,1-2H3,(H,28,29). The average molecular weight is 447 g/mol. The van der Waals surface area contributed by atoms with Crippen molar-refractivity contribution in [2.24, 2.45) is 0 Å². The third-order valence-corrected chi connectivity index (χ3v) is 6.25. The van der Waals surface area contributed by atoms with Crippen LogP contribution in [0.25, 0.3) is 22.5 Å². The third kappa shape index (κ3) is 5.63. The van der Waals surface area contributed by atoms with Gasteiger partial charge in [0.05, 0.1) is 18.0 Å². The van der Waals surface area contributed by atoms with E-state index < -0.39 is 0 Å². The number of carbonyl (C=O) groups excluding carboxylic acids is 1. The number of anilines is 1. The summed E-state index contributed by atoms with van der Waals surface area (Å²) < 4.78 is 5.15. The number of rotatable bonds is 9. The van der Waals surface area contributed by atoms with Crippen LogP contribution >= 0.6 is 0 Å². The van der Waals surface area contributed by atoms with Crippen molar-refractivity contribution in [2.45, 2.75) is 32.6 Å². The van der Waals surface area contributed by atoms with Crippen molar-refractivity contribution in [1.29, 1.82) is 0 Å². The number of hydrogen-bond acceptors (Lipinski definition) is 4. The molecule has 1 fully saturated rings. The van der Waals surface area contributed by atoms with E-state index in [9.17, 15) is 4.79 Å². The highest BCUT2D eigenvalue weighted by molar-refractivity contribution is 5.94.